The van der Waals surface area contributed by atoms with Gasteiger partial charge in [0.05, 0.1) is 16.5 Å². The number of nitrogens with one attached hydrogen (secondary N) is 3. The predicted molar refractivity (Wildman–Crippen MR) is 107 cm³/mol. The largest absolute Gasteiger partial charge is 0.351 e. The number of amides is 1. The van der Waals surface area contributed by atoms with Crippen LogP contribution in [-0.4, -0.2) is 15.9 Å². The van der Waals surface area contributed by atoms with Gasteiger partial charge < -0.3 is 16.0 Å². The summed E-state index contributed by atoms with van der Waals surface area (Å²) in [7, 11) is 0. The van der Waals surface area contributed by atoms with Gasteiger partial charge in [0.2, 0.25) is 0 Å². The van der Waals surface area contributed by atoms with Crippen molar-refractivity contribution in [1.82, 2.24) is 10.6 Å². The average Bonchev–Trinajstić information content (AvgIpc) is 2.64. The monoisotopic (exact) mass is 438 g/mol. The van der Waals surface area contributed by atoms with Gasteiger partial charge in [0.25, 0.3) is 11.6 Å². The Hall–Kier alpha value is -3.11. The smallest absolute Gasteiger partial charge is 0.288 e. The number of carbonyl (C=O) groups is 1. The summed E-state index contributed by atoms with van der Waals surface area (Å²) in [6.07, 6.45) is 0. The van der Waals surface area contributed by atoms with Crippen molar-refractivity contribution >= 4 is 46.2 Å². The summed E-state index contributed by atoms with van der Waals surface area (Å²) in [5, 5.41) is 19.6. The lowest BCUT2D eigenvalue weighted by molar-refractivity contribution is -0.384. The molecule has 1 heterocycles. The molecule has 0 radical (unpaired) electrons. The number of thiocarbonyl (C=S) groups is 1. The molecule has 1 aliphatic heterocycles. The molecule has 0 saturated heterocycles. The van der Waals surface area contributed by atoms with Crippen LogP contribution in [0.25, 0.3) is 0 Å². The first kappa shape index (κ1) is 20.6. The SMILES string of the molecule is CC1=C(C(=O)Nc2ccc(F)c(F)c2)[C@H](c2ccc(Cl)c([N+](=O)[O-])c2)NC(=S)N1. The van der Waals surface area contributed by atoms with Crippen molar-refractivity contribution in [2.75, 3.05) is 5.32 Å². The molecule has 1 amide bonds. The van der Waals surface area contributed by atoms with Crippen molar-refractivity contribution in [1.29, 1.82) is 0 Å². The minimum absolute atomic E-state index is 0.0446. The summed E-state index contributed by atoms with van der Waals surface area (Å²) in [5.74, 6) is -2.78. The molecule has 150 valence electrons. The highest BCUT2D eigenvalue weighted by Gasteiger charge is 2.31. The second kappa shape index (κ2) is 8.10. The van der Waals surface area contributed by atoms with E-state index in [9.17, 15) is 23.7 Å². The quantitative estimate of drug-likeness (QED) is 0.380. The Morgan fingerprint density at radius 1 is 1.24 bits per heavy atom. The number of rotatable bonds is 4. The first-order valence-electron chi connectivity index (χ1n) is 8.16. The lowest BCUT2D eigenvalue weighted by Crippen LogP contribution is -2.45. The molecule has 1 aliphatic rings. The normalized spacial score (nSPS) is 16.1. The standard InChI is InChI=1S/C18H13ClF2N4O3S/c1-8-15(17(26)23-10-3-5-12(20)13(21)7-10)16(24-18(29)22-8)9-2-4-11(19)14(6-9)25(27)28/h2-7,16H,1H3,(H,23,26)(H2,22,24,29)/t16-/m0/s1. The van der Waals surface area contributed by atoms with Crippen molar-refractivity contribution in [3.05, 3.63) is 80.0 Å². The number of nitrogens with zero attached hydrogens (tertiary/aromatic N) is 1. The third kappa shape index (κ3) is 4.33. The van der Waals surface area contributed by atoms with Crippen LogP contribution in [-0.2, 0) is 4.79 Å². The molecule has 1 atom stereocenters. The molecule has 7 nitrogen and oxygen atoms in total. The maximum absolute atomic E-state index is 13.4. The van der Waals surface area contributed by atoms with Crippen LogP contribution in [0.5, 0.6) is 0 Å². The van der Waals surface area contributed by atoms with Gasteiger partial charge >= 0.3 is 0 Å². The van der Waals surface area contributed by atoms with Crippen LogP contribution in [0.2, 0.25) is 5.02 Å². The zero-order chi connectivity index (χ0) is 21.3. The van der Waals surface area contributed by atoms with Gasteiger partial charge in [-0.3, -0.25) is 14.9 Å². The maximum Gasteiger partial charge on any atom is 0.288 e. The van der Waals surface area contributed by atoms with Crippen LogP contribution in [0.4, 0.5) is 20.2 Å². The number of benzene rings is 2. The van der Waals surface area contributed by atoms with E-state index in [1.807, 2.05) is 0 Å². The molecule has 3 N–H and O–H groups in total. The number of carbonyl (C=O) groups excluding carboxylic acids is 1. The zero-order valence-corrected chi connectivity index (χ0v) is 16.3. The summed E-state index contributed by atoms with van der Waals surface area (Å²) in [4.78, 5) is 23.5. The summed E-state index contributed by atoms with van der Waals surface area (Å²) in [6.45, 7) is 1.60. The number of nitro groups is 1. The molecule has 29 heavy (non-hydrogen) atoms. The Morgan fingerprint density at radius 2 is 1.97 bits per heavy atom. The number of halogens is 3. The number of allylic oxidation sites excluding steroid dienone is 1. The van der Waals surface area contributed by atoms with Crippen LogP contribution in [0.15, 0.2) is 47.7 Å². The van der Waals surface area contributed by atoms with E-state index in [4.69, 9.17) is 23.8 Å². The fraction of sp³-hybridized carbons (Fsp3) is 0.111. The number of hydrogen-bond donors (Lipinski definition) is 3. The van der Waals surface area contributed by atoms with Crippen LogP contribution in [0, 0.1) is 21.7 Å². The van der Waals surface area contributed by atoms with Crippen LogP contribution >= 0.6 is 23.8 Å². The number of hydrogen-bond acceptors (Lipinski definition) is 4. The molecule has 0 aromatic heterocycles. The second-order valence-corrected chi connectivity index (χ2v) is 6.94. The van der Waals surface area contributed by atoms with E-state index in [-0.39, 0.29) is 27.1 Å². The Kier molecular flexibility index (Phi) is 5.76. The van der Waals surface area contributed by atoms with Crippen molar-refractivity contribution in [3.8, 4) is 0 Å². The Bertz CT molecular complexity index is 1080. The first-order chi connectivity index (χ1) is 13.7. The van der Waals surface area contributed by atoms with E-state index in [1.165, 1.54) is 24.3 Å². The Balaban J connectivity index is 2.00. The maximum atomic E-state index is 13.4. The van der Waals surface area contributed by atoms with Gasteiger partial charge in [-0.05, 0) is 42.9 Å². The summed E-state index contributed by atoms with van der Waals surface area (Å²) in [5.41, 5.74) is 0.660. The van der Waals surface area contributed by atoms with Crippen molar-refractivity contribution in [3.63, 3.8) is 0 Å². The van der Waals surface area contributed by atoms with Crippen LogP contribution in [0.1, 0.15) is 18.5 Å². The molecule has 0 spiro atoms. The molecule has 2 aromatic rings. The fourth-order valence-corrected chi connectivity index (χ4v) is 3.32. The molecule has 0 saturated carbocycles. The average molecular weight is 439 g/mol. The Labute approximate surface area is 173 Å². The van der Waals surface area contributed by atoms with Crippen LogP contribution in [0.3, 0.4) is 0 Å². The number of anilines is 1. The van der Waals surface area contributed by atoms with E-state index < -0.39 is 28.5 Å². The second-order valence-electron chi connectivity index (χ2n) is 6.12. The summed E-state index contributed by atoms with van der Waals surface area (Å²) in [6, 6.07) is 6.23. The molecule has 0 fully saturated rings. The summed E-state index contributed by atoms with van der Waals surface area (Å²) < 4.78 is 26.6. The molecule has 0 aliphatic carbocycles. The lowest BCUT2D eigenvalue weighted by Gasteiger charge is -2.30. The van der Waals surface area contributed by atoms with E-state index in [1.54, 1.807) is 6.92 Å². The lowest BCUT2D eigenvalue weighted by atomic mass is 9.94. The highest BCUT2D eigenvalue weighted by Crippen LogP contribution is 2.33. The molecule has 11 heteroatoms. The first-order valence-corrected chi connectivity index (χ1v) is 8.94. The minimum Gasteiger partial charge on any atom is -0.351 e. The number of nitro benzene ring substituents is 1. The zero-order valence-electron chi connectivity index (χ0n) is 14.8. The summed E-state index contributed by atoms with van der Waals surface area (Å²) >= 11 is 11.0. The molecule has 3 rings (SSSR count). The van der Waals surface area contributed by atoms with Gasteiger partial charge in [0.15, 0.2) is 16.7 Å². The van der Waals surface area contributed by atoms with Gasteiger partial charge in [-0.2, -0.15) is 0 Å². The highest BCUT2D eigenvalue weighted by atomic mass is 35.5. The van der Waals surface area contributed by atoms with E-state index in [2.05, 4.69) is 16.0 Å². The van der Waals surface area contributed by atoms with Gasteiger partial charge in [0, 0.05) is 23.5 Å². The topological polar surface area (TPSA) is 96.3 Å². The van der Waals surface area contributed by atoms with Crippen molar-refractivity contribution in [2.24, 2.45) is 0 Å². The van der Waals surface area contributed by atoms with Gasteiger partial charge in [-0.1, -0.05) is 17.7 Å². The fourth-order valence-electron chi connectivity index (χ4n) is 2.87. The van der Waals surface area contributed by atoms with Crippen LogP contribution < -0.4 is 16.0 Å². The molecule has 0 bridgehead atoms. The van der Waals surface area contributed by atoms with Gasteiger partial charge in [-0.25, -0.2) is 8.78 Å². The van der Waals surface area contributed by atoms with Crippen molar-refractivity contribution in [2.45, 2.75) is 13.0 Å². The third-order valence-electron chi connectivity index (χ3n) is 4.19. The molecular formula is C18H13ClF2N4O3S. The van der Waals surface area contributed by atoms with Gasteiger partial charge in [-0.15, -0.1) is 0 Å². The predicted octanol–water partition coefficient (Wildman–Crippen LogP) is 3.96. The van der Waals surface area contributed by atoms with E-state index in [0.29, 0.717) is 11.3 Å². The van der Waals surface area contributed by atoms with Gasteiger partial charge in [0.1, 0.15) is 5.02 Å². The third-order valence-corrected chi connectivity index (χ3v) is 4.73. The molecule has 2 aromatic carbocycles. The van der Waals surface area contributed by atoms with E-state index >= 15 is 0 Å². The Morgan fingerprint density at radius 3 is 2.62 bits per heavy atom. The highest BCUT2D eigenvalue weighted by molar-refractivity contribution is 7.80. The van der Waals surface area contributed by atoms with Crippen molar-refractivity contribution < 1.29 is 18.5 Å². The molecular weight excluding hydrogens is 426 g/mol. The van der Waals surface area contributed by atoms with E-state index in [0.717, 1.165) is 12.1 Å². The molecule has 0 unspecified atom stereocenters. The minimum atomic E-state index is -1.11.